The van der Waals surface area contributed by atoms with Gasteiger partial charge in [-0.05, 0) is 0 Å². The van der Waals surface area contributed by atoms with Crippen LogP contribution in [-0.2, 0) is 15.8 Å². The minimum absolute atomic E-state index is 0.999. The second-order valence-corrected chi connectivity index (χ2v) is 2.41. The fourth-order valence-electron chi connectivity index (χ4n) is 0.105. The maximum absolute atomic E-state index is 10.3. The van der Waals surface area contributed by atoms with E-state index in [-0.39, 0.29) is 0 Å². The number of nitrogens with zero attached hydrogens (tertiary/aromatic N) is 1. The van der Waals surface area contributed by atoms with Crippen molar-refractivity contribution in [2.24, 2.45) is 0 Å². The molecule has 0 amide bonds. The van der Waals surface area contributed by atoms with Crippen molar-refractivity contribution in [2.45, 2.75) is 0 Å². The first-order valence-electron chi connectivity index (χ1n) is 1.80. The summed E-state index contributed by atoms with van der Waals surface area (Å²) in [5.74, 6) is 0. The van der Waals surface area contributed by atoms with Gasteiger partial charge in [-0.1, -0.05) is 0 Å². The molecule has 0 bridgehead atoms. The highest BCUT2D eigenvalue weighted by Crippen LogP contribution is 1.82. The van der Waals surface area contributed by atoms with Crippen molar-refractivity contribution < 1.29 is 9.05 Å². The van der Waals surface area contributed by atoms with E-state index in [9.17, 15) is 4.21 Å². The molecule has 44 valence electrons. The SMILES string of the molecule is CON(C)S(C)=O. The Morgan fingerprint density at radius 2 is 2.14 bits per heavy atom. The third kappa shape index (κ3) is 2.73. The van der Waals surface area contributed by atoms with Gasteiger partial charge in [-0.15, -0.1) is 4.47 Å². The standard InChI is InChI=1S/C3H9NO2S/c1-4(6-2)7(3)5/h1-3H3. The van der Waals surface area contributed by atoms with Gasteiger partial charge >= 0.3 is 0 Å². The molecule has 0 saturated carbocycles. The Morgan fingerprint density at radius 3 is 2.14 bits per heavy atom. The van der Waals surface area contributed by atoms with Gasteiger partial charge in [0.1, 0.15) is 11.0 Å². The maximum Gasteiger partial charge on any atom is 0.115 e. The maximum atomic E-state index is 10.3. The van der Waals surface area contributed by atoms with Gasteiger partial charge in [0.15, 0.2) is 0 Å². The molecule has 0 spiro atoms. The van der Waals surface area contributed by atoms with Crippen molar-refractivity contribution in [1.82, 2.24) is 4.47 Å². The van der Waals surface area contributed by atoms with Crippen LogP contribution < -0.4 is 0 Å². The molecule has 0 aliphatic carbocycles. The minimum Gasteiger partial charge on any atom is -0.290 e. The Morgan fingerprint density at radius 1 is 1.71 bits per heavy atom. The van der Waals surface area contributed by atoms with Crippen LogP contribution in [0.5, 0.6) is 0 Å². The highest BCUT2D eigenvalue weighted by atomic mass is 32.2. The lowest BCUT2D eigenvalue weighted by Crippen LogP contribution is -2.17. The lowest BCUT2D eigenvalue weighted by atomic mass is 11.5. The van der Waals surface area contributed by atoms with Gasteiger partial charge in [0.2, 0.25) is 0 Å². The number of rotatable bonds is 2. The summed E-state index contributed by atoms with van der Waals surface area (Å²) >= 11 is 0. The lowest BCUT2D eigenvalue weighted by Gasteiger charge is -2.06. The molecule has 0 saturated heterocycles. The summed E-state index contributed by atoms with van der Waals surface area (Å²) in [4.78, 5) is 4.54. The van der Waals surface area contributed by atoms with Crippen molar-refractivity contribution in [3.8, 4) is 0 Å². The molecule has 1 unspecified atom stereocenters. The van der Waals surface area contributed by atoms with Crippen molar-refractivity contribution in [2.75, 3.05) is 20.4 Å². The summed E-state index contributed by atoms with van der Waals surface area (Å²) < 4.78 is 11.6. The molecule has 1 atom stereocenters. The van der Waals surface area contributed by atoms with Gasteiger partial charge in [-0.2, -0.15) is 0 Å². The van der Waals surface area contributed by atoms with Gasteiger partial charge in [0.05, 0.1) is 7.11 Å². The van der Waals surface area contributed by atoms with Gasteiger partial charge in [0.25, 0.3) is 0 Å². The van der Waals surface area contributed by atoms with E-state index < -0.39 is 11.0 Å². The molecule has 0 radical (unpaired) electrons. The van der Waals surface area contributed by atoms with Crippen LogP contribution in [0.15, 0.2) is 0 Å². The Bertz CT molecular complexity index is 75.3. The van der Waals surface area contributed by atoms with Crippen molar-refractivity contribution in [3.05, 3.63) is 0 Å². The first-order valence-corrected chi connectivity index (χ1v) is 3.31. The van der Waals surface area contributed by atoms with Crippen LogP contribution in [0.4, 0.5) is 0 Å². The third-order valence-corrected chi connectivity index (χ3v) is 1.49. The molecule has 4 heteroatoms. The zero-order valence-corrected chi connectivity index (χ0v) is 5.49. The van der Waals surface area contributed by atoms with Crippen LogP contribution in [0.3, 0.4) is 0 Å². The molecule has 0 aliphatic heterocycles. The summed E-state index contributed by atoms with van der Waals surface area (Å²) in [5.41, 5.74) is 0. The molecule has 0 heterocycles. The predicted octanol–water partition coefficient (Wildman–Crippen LogP) is -0.227. The average Bonchev–Trinajstić information content (AvgIpc) is 1.65. The summed E-state index contributed by atoms with van der Waals surface area (Å²) in [6.45, 7) is 0. The summed E-state index contributed by atoms with van der Waals surface area (Å²) in [5, 5.41) is 0. The average molecular weight is 123 g/mol. The van der Waals surface area contributed by atoms with E-state index in [1.165, 1.54) is 11.6 Å². The molecular formula is C3H9NO2S. The second-order valence-electron chi connectivity index (χ2n) is 1.05. The summed E-state index contributed by atoms with van der Waals surface area (Å²) in [6.07, 6.45) is 1.55. The number of hydrogen-bond acceptors (Lipinski definition) is 2. The molecule has 0 rings (SSSR count). The Balaban J connectivity index is 3.34. The van der Waals surface area contributed by atoms with Crippen LogP contribution in [0.2, 0.25) is 0 Å². The molecule has 0 aromatic heterocycles. The Hall–Kier alpha value is 0.0700. The quantitative estimate of drug-likeness (QED) is 0.475. The van der Waals surface area contributed by atoms with Crippen LogP contribution in [-0.4, -0.2) is 29.1 Å². The Labute approximate surface area is 45.8 Å². The fraction of sp³-hybridized carbons (Fsp3) is 1.00. The normalized spacial score (nSPS) is 14.9. The van der Waals surface area contributed by atoms with E-state index in [4.69, 9.17) is 0 Å². The number of hydroxylamine groups is 1. The topological polar surface area (TPSA) is 29.5 Å². The van der Waals surface area contributed by atoms with Crippen LogP contribution >= 0.6 is 0 Å². The zero-order chi connectivity index (χ0) is 5.86. The third-order valence-electron chi connectivity index (χ3n) is 0.619. The first kappa shape index (κ1) is 7.07. The predicted molar refractivity (Wildman–Crippen MR) is 28.8 cm³/mol. The molecule has 0 aromatic rings. The number of hydrogen-bond donors (Lipinski definition) is 0. The molecule has 0 fully saturated rings. The monoisotopic (exact) mass is 123 g/mol. The molecule has 3 nitrogen and oxygen atoms in total. The van der Waals surface area contributed by atoms with Gasteiger partial charge in [-0.25, -0.2) is 4.21 Å². The molecule has 0 N–H and O–H groups in total. The largest absolute Gasteiger partial charge is 0.290 e. The highest BCUT2D eigenvalue weighted by Gasteiger charge is 1.94. The van der Waals surface area contributed by atoms with E-state index in [1.54, 1.807) is 13.3 Å². The lowest BCUT2D eigenvalue weighted by molar-refractivity contribution is -0.0198. The fourth-order valence-corrected chi connectivity index (χ4v) is 0.315. The molecule has 7 heavy (non-hydrogen) atoms. The Kier molecular flexibility index (Phi) is 3.15. The van der Waals surface area contributed by atoms with E-state index in [0.717, 1.165) is 0 Å². The minimum atomic E-state index is -0.999. The molecule has 0 aliphatic rings. The van der Waals surface area contributed by atoms with Crippen LogP contribution in [0.1, 0.15) is 0 Å². The highest BCUT2D eigenvalue weighted by molar-refractivity contribution is 7.81. The van der Waals surface area contributed by atoms with E-state index in [0.29, 0.717) is 0 Å². The van der Waals surface area contributed by atoms with Gasteiger partial charge in [0, 0.05) is 13.3 Å². The van der Waals surface area contributed by atoms with Gasteiger partial charge < -0.3 is 0 Å². The van der Waals surface area contributed by atoms with Crippen molar-refractivity contribution in [3.63, 3.8) is 0 Å². The summed E-state index contributed by atoms with van der Waals surface area (Å²) in [7, 11) is 2.08. The van der Waals surface area contributed by atoms with Crippen LogP contribution in [0, 0.1) is 0 Å². The first-order chi connectivity index (χ1) is 3.18. The smallest absolute Gasteiger partial charge is 0.115 e. The van der Waals surface area contributed by atoms with Crippen molar-refractivity contribution >= 4 is 11.0 Å². The summed E-state index contributed by atoms with van der Waals surface area (Å²) in [6, 6.07) is 0. The molecular weight excluding hydrogens is 114 g/mol. The second kappa shape index (κ2) is 3.12. The zero-order valence-electron chi connectivity index (χ0n) is 4.67. The van der Waals surface area contributed by atoms with Crippen LogP contribution in [0.25, 0.3) is 0 Å². The van der Waals surface area contributed by atoms with Gasteiger partial charge in [-0.3, -0.25) is 4.84 Å². The van der Waals surface area contributed by atoms with E-state index in [2.05, 4.69) is 4.84 Å². The van der Waals surface area contributed by atoms with Crippen molar-refractivity contribution in [1.29, 1.82) is 0 Å². The van der Waals surface area contributed by atoms with E-state index >= 15 is 0 Å². The van der Waals surface area contributed by atoms with E-state index in [1.807, 2.05) is 0 Å². The molecule has 0 aromatic carbocycles.